The van der Waals surface area contributed by atoms with Gasteiger partial charge in [-0.1, -0.05) is 49.6 Å². The van der Waals surface area contributed by atoms with Crippen LogP contribution >= 0.6 is 0 Å². The van der Waals surface area contributed by atoms with Gasteiger partial charge in [0.25, 0.3) is 5.91 Å². The predicted molar refractivity (Wildman–Crippen MR) is 110 cm³/mol. The second-order valence-electron chi connectivity index (χ2n) is 7.48. The highest BCUT2D eigenvalue weighted by Crippen LogP contribution is 2.24. The van der Waals surface area contributed by atoms with Gasteiger partial charge in [0.2, 0.25) is 10.0 Å². The maximum absolute atomic E-state index is 12.5. The van der Waals surface area contributed by atoms with Crippen molar-refractivity contribution in [3.8, 4) is 0 Å². The Bertz CT molecular complexity index is 824. The summed E-state index contributed by atoms with van der Waals surface area (Å²) in [6.07, 6.45) is 6.44. The first-order valence-electron chi connectivity index (χ1n) is 10.1. The van der Waals surface area contributed by atoms with Crippen molar-refractivity contribution in [2.24, 2.45) is 5.92 Å². The Morgan fingerprint density at radius 1 is 1.00 bits per heavy atom. The molecule has 1 saturated carbocycles. The monoisotopic (exact) mass is 420 g/mol. The summed E-state index contributed by atoms with van der Waals surface area (Å²) < 4.78 is 31.6. The van der Waals surface area contributed by atoms with Crippen LogP contribution in [0.3, 0.4) is 0 Å². The smallest absolute Gasteiger partial charge is 0.309 e. The van der Waals surface area contributed by atoms with E-state index >= 15 is 0 Å². The average molecular weight is 421 g/mol. The molecular formula is C21H28N2O5S. The molecule has 8 heteroatoms. The van der Waals surface area contributed by atoms with Crippen LogP contribution in [0.4, 0.5) is 0 Å². The van der Waals surface area contributed by atoms with Crippen molar-refractivity contribution in [1.82, 2.24) is 9.21 Å². The lowest BCUT2D eigenvalue weighted by atomic mass is 9.89. The van der Waals surface area contributed by atoms with E-state index in [0.717, 1.165) is 37.7 Å². The molecular weight excluding hydrogens is 392 g/mol. The molecule has 29 heavy (non-hydrogen) atoms. The Hall–Kier alpha value is -2.19. The van der Waals surface area contributed by atoms with Gasteiger partial charge in [0.1, 0.15) is 0 Å². The number of amides is 1. The van der Waals surface area contributed by atoms with Crippen LogP contribution < -0.4 is 0 Å². The summed E-state index contributed by atoms with van der Waals surface area (Å²) in [7, 11) is -3.54. The lowest BCUT2D eigenvalue weighted by molar-refractivity contribution is -0.156. The first-order chi connectivity index (χ1) is 14.0. The maximum Gasteiger partial charge on any atom is 0.309 e. The molecule has 1 amide bonds. The highest BCUT2D eigenvalue weighted by molar-refractivity contribution is 7.92. The zero-order valence-electron chi connectivity index (χ0n) is 16.5. The summed E-state index contributed by atoms with van der Waals surface area (Å²) >= 11 is 0. The van der Waals surface area contributed by atoms with Gasteiger partial charge in [-0.3, -0.25) is 9.59 Å². The summed E-state index contributed by atoms with van der Waals surface area (Å²) in [6.45, 7) is 0.764. The summed E-state index contributed by atoms with van der Waals surface area (Å²) in [5, 5.41) is 1.20. The molecule has 0 radical (unpaired) electrons. The number of esters is 1. The van der Waals surface area contributed by atoms with Crippen molar-refractivity contribution >= 4 is 28.0 Å². The summed E-state index contributed by atoms with van der Waals surface area (Å²) in [4.78, 5) is 25.9. The van der Waals surface area contributed by atoms with E-state index in [1.54, 1.807) is 11.0 Å². The highest BCUT2D eigenvalue weighted by Gasteiger charge is 2.28. The molecule has 3 rings (SSSR count). The number of hydrogen-bond donors (Lipinski definition) is 0. The first-order valence-corrected chi connectivity index (χ1v) is 11.6. The number of carbonyl (C=O) groups excluding carboxylic acids is 2. The van der Waals surface area contributed by atoms with Crippen molar-refractivity contribution in [2.75, 3.05) is 32.8 Å². The van der Waals surface area contributed by atoms with E-state index in [0.29, 0.717) is 0 Å². The van der Waals surface area contributed by atoms with Crippen LogP contribution in [0.15, 0.2) is 35.7 Å². The van der Waals surface area contributed by atoms with Crippen molar-refractivity contribution < 1.29 is 22.7 Å². The molecule has 1 saturated heterocycles. The van der Waals surface area contributed by atoms with Crippen molar-refractivity contribution in [1.29, 1.82) is 0 Å². The van der Waals surface area contributed by atoms with E-state index in [4.69, 9.17) is 4.74 Å². The Kier molecular flexibility index (Phi) is 7.44. The molecule has 2 fully saturated rings. The number of nitrogens with zero attached hydrogens (tertiary/aromatic N) is 2. The molecule has 1 aliphatic carbocycles. The summed E-state index contributed by atoms with van der Waals surface area (Å²) in [5.41, 5.74) is 0.810. The Balaban J connectivity index is 1.45. The SMILES string of the molecule is O=C(OCC(=O)N1CCN(S(=O)(=O)/C=C/c2ccccc2)CC1)C1CCCCC1. The van der Waals surface area contributed by atoms with Gasteiger partial charge in [-0.2, -0.15) is 4.31 Å². The number of hydrogen-bond acceptors (Lipinski definition) is 5. The zero-order chi connectivity index (χ0) is 20.7. The minimum Gasteiger partial charge on any atom is -0.455 e. The molecule has 0 bridgehead atoms. The van der Waals surface area contributed by atoms with Gasteiger partial charge in [0.05, 0.1) is 5.92 Å². The Labute approximate surface area is 172 Å². The van der Waals surface area contributed by atoms with E-state index in [9.17, 15) is 18.0 Å². The number of ether oxygens (including phenoxy) is 1. The average Bonchev–Trinajstić information content (AvgIpc) is 2.77. The van der Waals surface area contributed by atoms with Gasteiger partial charge in [0.15, 0.2) is 6.61 Å². The molecule has 1 aromatic rings. The van der Waals surface area contributed by atoms with E-state index in [-0.39, 0.29) is 50.6 Å². The van der Waals surface area contributed by atoms with Crippen LogP contribution in [0.2, 0.25) is 0 Å². The number of benzene rings is 1. The molecule has 0 spiro atoms. The number of sulfonamides is 1. The first kappa shape index (κ1) is 21.5. The number of carbonyl (C=O) groups is 2. The maximum atomic E-state index is 12.5. The van der Waals surface area contributed by atoms with Crippen LogP contribution in [0.25, 0.3) is 6.08 Å². The third kappa shape index (κ3) is 6.14. The molecule has 0 N–H and O–H groups in total. The number of rotatable bonds is 6. The number of piperazine rings is 1. The van der Waals surface area contributed by atoms with Crippen molar-refractivity contribution in [3.63, 3.8) is 0 Å². The lowest BCUT2D eigenvalue weighted by Crippen LogP contribution is -2.51. The van der Waals surface area contributed by atoms with Gasteiger partial charge in [-0.25, -0.2) is 8.42 Å². The fraction of sp³-hybridized carbons (Fsp3) is 0.524. The molecule has 1 aromatic carbocycles. The Morgan fingerprint density at radius 2 is 1.66 bits per heavy atom. The lowest BCUT2D eigenvalue weighted by Gasteiger charge is -2.33. The molecule has 7 nitrogen and oxygen atoms in total. The minimum absolute atomic E-state index is 0.0880. The minimum atomic E-state index is -3.54. The fourth-order valence-electron chi connectivity index (χ4n) is 3.69. The molecule has 1 aliphatic heterocycles. The normalized spacial score (nSPS) is 19.4. The second-order valence-corrected chi connectivity index (χ2v) is 9.30. The second kappa shape index (κ2) is 10.0. The molecule has 0 unspecified atom stereocenters. The van der Waals surface area contributed by atoms with Crippen molar-refractivity contribution in [3.05, 3.63) is 41.3 Å². The molecule has 0 atom stereocenters. The van der Waals surface area contributed by atoms with E-state index < -0.39 is 10.0 Å². The molecule has 1 heterocycles. The predicted octanol–water partition coefficient (Wildman–Crippen LogP) is 2.25. The zero-order valence-corrected chi connectivity index (χ0v) is 17.4. The largest absolute Gasteiger partial charge is 0.455 e. The van der Waals surface area contributed by atoms with Gasteiger partial charge in [-0.05, 0) is 24.5 Å². The van der Waals surface area contributed by atoms with Gasteiger partial charge < -0.3 is 9.64 Å². The third-order valence-electron chi connectivity index (χ3n) is 5.46. The Morgan fingerprint density at radius 3 is 2.31 bits per heavy atom. The quantitative estimate of drug-likeness (QED) is 0.659. The van der Waals surface area contributed by atoms with Crippen LogP contribution in [-0.4, -0.2) is 62.3 Å². The molecule has 2 aliphatic rings. The van der Waals surface area contributed by atoms with Crippen LogP contribution in [0, 0.1) is 5.92 Å². The van der Waals surface area contributed by atoms with Crippen molar-refractivity contribution in [2.45, 2.75) is 32.1 Å². The van der Waals surface area contributed by atoms with Gasteiger partial charge >= 0.3 is 5.97 Å². The van der Waals surface area contributed by atoms with Crippen LogP contribution in [-0.2, 0) is 24.3 Å². The highest BCUT2D eigenvalue weighted by atomic mass is 32.2. The van der Waals surface area contributed by atoms with Crippen LogP contribution in [0.1, 0.15) is 37.7 Å². The van der Waals surface area contributed by atoms with Crippen LogP contribution in [0.5, 0.6) is 0 Å². The fourth-order valence-corrected chi connectivity index (χ4v) is 4.86. The van der Waals surface area contributed by atoms with E-state index in [1.807, 2.05) is 30.3 Å². The third-order valence-corrected chi connectivity index (χ3v) is 7.02. The summed E-state index contributed by atoms with van der Waals surface area (Å²) in [6, 6.07) is 9.22. The topological polar surface area (TPSA) is 84.0 Å². The van der Waals surface area contributed by atoms with E-state index in [1.165, 1.54) is 9.71 Å². The van der Waals surface area contributed by atoms with E-state index in [2.05, 4.69) is 0 Å². The summed E-state index contributed by atoms with van der Waals surface area (Å²) in [5.74, 6) is -0.647. The molecule has 0 aromatic heterocycles. The van der Waals surface area contributed by atoms with Gasteiger partial charge in [-0.15, -0.1) is 0 Å². The standard InChI is InChI=1S/C21H28N2O5S/c24-20(17-28-21(25)19-9-5-2-6-10-19)22-12-14-23(15-13-22)29(26,27)16-11-18-7-3-1-4-8-18/h1,3-4,7-8,11,16,19H,2,5-6,9-10,12-15,17H2/b16-11+. The van der Waals surface area contributed by atoms with Gasteiger partial charge in [0, 0.05) is 31.6 Å². The molecule has 158 valence electrons.